The Morgan fingerprint density at radius 1 is 1.53 bits per heavy atom. The zero-order valence-electron chi connectivity index (χ0n) is 11.0. The second kappa shape index (κ2) is 5.52. The second-order valence-electron chi connectivity index (χ2n) is 4.78. The Hall–Kier alpha value is -1.69. The van der Waals surface area contributed by atoms with Crippen LogP contribution in [0.2, 0.25) is 0 Å². The molecule has 0 aromatic carbocycles. The van der Waals surface area contributed by atoms with Gasteiger partial charge in [-0.05, 0) is 18.1 Å². The second-order valence-corrected chi connectivity index (χ2v) is 5.22. The lowest BCUT2D eigenvalue weighted by Gasteiger charge is -2.17. The molecule has 0 aliphatic carbocycles. The van der Waals surface area contributed by atoms with Crippen LogP contribution in [0.4, 0.5) is 5.82 Å². The number of methoxy groups -OCH3 is 1. The third-order valence-electron chi connectivity index (χ3n) is 3.47. The standard InChI is InChI=1S/C13H17N3O2S/c1-8-6-16(7-10(8)13(17)18-2)11-4-3-9(5-15-11)12(14)19/h3-5,8,10H,6-7H2,1-2H3,(H2,14,19). The van der Waals surface area contributed by atoms with Crippen molar-refractivity contribution in [2.45, 2.75) is 6.92 Å². The van der Waals surface area contributed by atoms with E-state index in [4.69, 9.17) is 22.7 Å². The van der Waals surface area contributed by atoms with Gasteiger partial charge in [0.1, 0.15) is 10.8 Å². The van der Waals surface area contributed by atoms with Gasteiger partial charge in [0.25, 0.3) is 0 Å². The van der Waals surface area contributed by atoms with Crippen LogP contribution in [0.15, 0.2) is 18.3 Å². The van der Waals surface area contributed by atoms with Gasteiger partial charge in [0.15, 0.2) is 0 Å². The normalized spacial score (nSPS) is 22.3. The van der Waals surface area contributed by atoms with E-state index in [1.807, 2.05) is 19.1 Å². The van der Waals surface area contributed by atoms with E-state index in [1.165, 1.54) is 7.11 Å². The molecule has 1 aliphatic heterocycles. The van der Waals surface area contributed by atoms with Crippen LogP contribution in [0, 0.1) is 11.8 Å². The van der Waals surface area contributed by atoms with Crippen molar-refractivity contribution in [3.05, 3.63) is 23.9 Å². The number of carbonyl (C=O) groups is 1. The third kappa shape index (κ3) is 2.84. The summed E-state index contributed by atoms with van der Waals surface area (Å²) in [5.74, 6) is 0.833. The van der Waals surface area contributed by atoms with E-state index in [0.29, 0.717) is 11.5 Å². The summed E-state index contributed by atoms with van der Waals surface area (Å²) < 4.78 is 4.82. The predicted octanol–water partition coefficient (Wildman–Crippen LogP) is 0.961. The average molecular weight is 279 g/mol. The summed E-state index contributed by atoms with van der Waals surface area (Å²) in [4.78, 5) is 18.4. The van der Waals surface area contributed by atoms with Gasteiger partial charge in [-0.2, -0.15) is 0 Å². The van der Waals surface area contributed by atoms with Crippen molar-refractivity contribution in [3.8, 4) is 0 Å². The number of rotatable bonds is 3. The van der Waals surface area contributed by atoms with E-state index in [0.717, 1.165) is 17.9 Å². The number of anilines is 1. The highest BCUT2D eigenvalue weighted by Crippen LogP contribution is 2.27. The quantitative estimate of drug-likeness (QED) is 0.656. The Labute approximate surface area is 117 Å². The number of hydrogen-bond donors (Lipinski definition) is 1. The van der Waals surface area contributed by atoms with Gasteiger partial charge in [-0.3, -0.25) is 4.79 Å². The Bertz CT molecular complexity index is 489. The van der Waals surface area contributed by atoms with E-state index < -0.39 is 0 Å². The van der Waals surface area contributed by atoms with E-state index >= 15 is 0 Å². The zero-order chi connectivity index (χ0) is 14.0. The summed E-state index contributed by atoms with van der Waals surface area (Å²) in [6.07, 6.45) is 1.66. The first kappa shape index (κ1) is 13.7. The minimum Gasteiger partial charge on any atom is -0.469 e. The molecule has 0 spiro atoms. The van der Waals surface area contributed by atoms with E-state index in [9.17, 15) is 4.79 Å². The molecule has 2 N–H and O–H groups in total. The molecule has 0 bridgehead atoms. The molecular weight excluding hydrogens is 262 g/mol. The van der Waals surface area contributed by atoms with Gasteiger partial charge in [-0.15, -0.1) is 0 Å². The number of aromatic nitrogens is 1. The fraction of sp³-hybridized carbons (Fsp3) is 0.462. The number of hydrogen-bond acceptors (Lipinski definition) is 5. The molecule has 6 heteroatoms. The molecule has 1 aromatic rings. The van der Waals surface area contributed by atoms with E-state index in [1.54, 1.807) is 6.20 Å². The van der Waals surface area contributed by atoms with Gasteiger partial charge >= 0.3 is 5.97 Å². The lowest BCUT2D eigenvalue weighted by atomic mass is 9.99. The summed E-state index contributed by atoms with van der Waals surface area (Å²) in [6, 6.07) is 3.72. The Morgan fingerprint density at radius 2 is 2.26 bits per heavy atom. The number of thiocarbonyl (C=S) groups is 1. The fourth-order valence-electron chi connectivity index (χ4n) is 2.33. The largest absolute Gasteiger partial charge is 0.469 e. The Kier molecular flexibility index (Phi) is 3.99. The highest BCUT2D eigenvalue weighted by molar-refractivity contribution is 7.80. The van der Waals surface area contributed by atoms with Crippen molar-refractivity contribution < 1.29 is 9.53 Å². The number of esters is 1. The first-order valence-electron chi connectivity index (χ1n) is 6.11. The molecule has 1 aliphatic rings. The van der Waals surface area contributed by atoms with Gasteiger partial charge in [-0.1, -0.05) is 19.1 Å². The molecule has 2 atom stereocenters. The Balaban J connectivity index is 2.11. The van der Waals surface area contributed by atoms with Crippen LogP contribution >= 0.6 is 12.2 Å². The van der Waals surface area contributed by atoms with Crippen molar-refractivity contribution in [1.82, 2.24) is 4.98 Å². The van der Waals surface area contributed by atoms with Crippen LogP contribution in [0.3, 0.4) is 0 Å². The number of nitrogens with two attached hydrogens (primary N) is 1. The first-order valence-corrected chi connectivity index (χ1v) is 6.52. The molecule has 0 saturated carbocycles. The summed E-state index contributed by atoms with van der Waals surface area (Å²) in [5, 5.41) is 0. The molecule has 0 amide bonds. The maximum absolute atomic E-state index is 11.6. The zero-order valence-corrected chi connectivity index (χ0v) is 11.8. The number of ether oxygens (including phenoxy) is 1. The number of pyridine rings is 1. The summed E-state index contributed by atoms with van der Waals surface area (Å²) in [7, 11) is 1.42. The first-order chi connectivity index (χ1) is 9.02. The van der Waals surface area contributed by atoms with Crippen molar-refractivity contribution in [1.29, 1.82) is 0 Å². The molecule has 2 unspecified atom stereocenters. The molecule has 5 nitrogen and oxygen atoms in total. The molecule has 102 valence electrons. The van der Waals surface area contributed by atoms with Crippen molar-refractivity contribution in [2.24, 2.45) is 17.6 Å². The highest BCUT2D eigenvalue weighted by atomic mass is 32.1. The van der Waals surface area contributed by atoms with E-state index in [2.05, 4.69) is 9.88 Å². The van der Waals surface area contributed by atoms with Crippen molar-refractivity contribution >= 4 is 29.0 Å². The van der Waals surface area contributed by atoms with Crippen LogP contribution in [-0.4, -0.2) is 36.1 Å². The number of carbonyl (C=O) groups excluding carboxylic acids is 1. The van der Waals surface area contributed by atoms with Gasteiger partial charge < -0.3 is 15.4 Å². The molecular formula is C13H17N3O2S. The lowest BCUT2D eigenvalue weighted by Crippen LogP contribution is -2.25. The topological polar surface area (TPSA) is 68.5 Å². The van der Waals surface area contributed by atoms with Gasteiger partial charge in [0.05, 0.1) is 13.0 Å². The summed E-state index contributed by atoms with van der Waals surface area (Å²) in [6.45, 7) is 3.47. The predicted molar refractivity (Wildman–Crippen MR) is 77.0 cm³/mol. The maximum Gasteiger partial charge on any atom is 0.310 e. The van der Waals surface area contributed by atoms with Gasteiger partial charge in [-0.25, -0.2) is 4.98 Å². The van der Waals surface area contributed by atoms with Crippen LogP contribution in [0.1, 0.15) is 12.5 Å². The van der Waals surface area contributed by atoms with Gasteiger partial charge in [0.2, 0.25) is 0 Å². The van der Waals surface area contributed by atoms with Crippen molar-refractivity contribution in [2.75, 3.05) is 25.1 Å². The maximum atomic E-state index is 11.6. The van der Waals surface area contributed by atoms with Crippen LogP contribution < -0.4 is 10.6 Å². The Morgan fingerprint density at radius 3 is 2.79 bits per heavy atom. The molecule has 1 saturated heterocycles. The molecule has 2 heterocycles. The lowest BCUT2D eigenvalue weighted by molar-refractivity contribution is -0.145. The number of nitrogens with zero attached hydrogens (tertiary/aromatic N) is 2. The average Bonchev–Trinajstić information content (AvgIpc) is 2.80. The smallest absolute Gasteiger partial charge is 0.310 e. The SMILES string of the molecule is COC(=O)C1CN(c2ccc(C(N)=S)cn2)CC1C. The molecule has 19 heavy (non-hydrogen) atoms. The molecule has 2 rings (SSSR count). The monoisotopic (exact) mass is 279 g/mol. The summed E-state index contributed by atoms with van der Waals surface area (Å²) in [5.41, 5.74) is 6.28. The minimum absolute atomic E-state index is 0.0953. The van der Waals surface area contributed by atoms with E-state index in [-0.39, 0.29) is 17.8 Å². The molecule has 1 fully saturated rings. The summed E-state index contributed by atoms with van der Waals surface area (Å²) >= 11 is 4.89. The van der Waals surface area contributed by atoms with Gasteiger partial charge in [0, 0.05) is 24.8 Å². The van der Waals surface area contributed by atoms with Crippen LogP contribution in [0.25, 0.3) is 0 Å². The fourth-order valence-corrected chi connectivity index (χ4v) is 2.45. The highest BCUT2D eigenvalue weighted by Gasteiger charge is 2.36. The third-order valence-corrected chi connectivity index (χ3v) is 3.71. The molecule has 0 radical (unpaired) electrons. The molecule has 1 aromatic heterocycles. The van der Waals surface area contributed by atoms with Crippen LogP contribution in [0.5, 0.6) is 0 Å². The van der Waals surface area contributed by atoms with Crippen molar-refractivity contribution in [3.63, 3.8) is 0 Å². The van der Waals surface area contributed by atoms with Crippen LogP contribution in [-0.2, 0) is 9.53 Å². The minimum atomic E-state index is -0.158.